The molecule has 2 rings (SSSR count). The molecular formula is C11H7ClOS. The van der Waals surface area contributed by atoms with E-state index >= 15 is 0 Å². The van der Waals surface area contributed by atoms with Crippen LogP contribution in [0.4, 0.5) is 0 Å². The lowest BCUT2D eigenvalue weighted by Crippen LogP contribution is -1.85. The molecule has 0 spiro atoms. The van der Waals surface area contributed by atoms with E-state index in [0.29, 0.717) is 10.6 Å². The van der Waals surface area contributed by atoms with Gasteiger partial charge in [-0.1, -0.05) is 29.8 Å². The molecule has 1 heterocycles. The summed E-state index contributed by atoms with van der Waals surface area (Å²) in [6, 6.07) is 9.25. The third kappa shape index (κ3) is 1.59. The summed E-state index contributed by atoms with van der Waals surface area (Å²) in [7, 11) is 0. The molecule has 0 bridgehead atoms. The second-order valence-electron chi connectivity index (χ2n) is 2.80. The van der Waals surface area contributed by atoms with Gasteiger partial charge >= 0.3 is 0 Å². The Balaban J connectivity index is 2.67. The van der Waals surface area contributed by atoms with Crippen LogP contribution in [0.1, 0.15) is 10.4 Å². The zero-order valence-corrected chi connectivity index (χ0v) is 8.81. The molecule has 0 saturated heterocycles. The predicted molar refractivity (Wildman–Crippen MR) is 60.2 cm³/mol. The van der Waals surface area contributed by atoms with E-state index < -0.39 is 0 Å². The molecule has 0 radical (unpaired) electrons. The first kappa shape index (κ1) is 9.44. The van der Waals surface area contributed by atoms with Gasteiger partial charge in [0.25, 0.3) is 0 Å². The van der Waals surface area contributed by atoms with Crippen LogP contribution in [0.5, 0.6) is 0 Å². The Hall–Kier alpha value is -1.12. The molecular weight excluding hydrogens is 216 g/mol. The number of carbonyl (C=O) groups excluding carboxylic acids is 1. The molecule has 0 atom stereocenters. The summed E-state index contributed by atoms with van der Waals surface area (Å²) in [6.45, 7) is 0. The van der Waals surface area contributed by atoms with Gasteiger partial charge in [-0.3, -0.25) is 4.79 Å². The molecule has 1 aromatic carbocycles. The molecule has 1 nitrogen and oxygen atoms in total. The highest BCUT2D eigenvalue weighted by molar-refractivity contribution is 7.13. The highest BCUT2D eigenvalue weighted by Gasteiger charge is 2.08. The van der Waals surface area contributed by atoms with Gasteiger partial charge < -0.3 is 0 Å². The topological polar surface area (TPSA) is 17.1 Å². The smallest absolute Gasteiger partial charge is 0.150 e. The number of aldehydes is 1. The van der Waals surface area contributed by atoms with Crippen molar-refractivity contribution in [3.63, 3.8) is 0 Å². The molecule has 0 aliphatic carbocycles. The number of benzene rings is 1. The van der Waals surface area contributed by atoms with Crippen LogP contribution in [-0.4, -0.2) is 6.29 Å². The molecule has 0 amide bonds. The van der Waals surface area contributed by atoms with Gasteiger partial charge in [0.05, 0.1) is 0 Å². The Bertz CT molecular complexity index is 448. The van der Waals surface area contributed by atoms with Gasteiger partial charge in [0, 0.05) is 21.0 Å². The van der Waals surface area contributed by atoms with Crippen molar-refractivity contribution >= 4 is 29.2 Å². The maximum atomic E-state index is 10.8. The minimum Gasteiger partial charge on any atom is -0.298 e. The number of rotatable bonds is 2. The van der Waals surface area contributed by atoms with Crippen molar-refractivity contribution in [1.29, 1.82) is 0 Å². The van der Waals surface area contributed by atoms with Crippen molar-refractivity contribution in [2.75, 3.05) is 0 Å². The summed E-state index contributed by atoms with van der Waals surface area (Å²) in [5.41, 5.74) is 1.47. The number of hydrogen-bond donors (Lipinski definition) is 0. The van der Waals surface area contributed by atoms with Crippen LogP contribution in [0.3, 0.4) is 0 Å². The van der Waals surface area contributed by atoms with Gasteiger partial charge in [0.15, 0.2) is 6.29 Å². The van der Waals surface area contributed by atoms with E-state index in [1.807, 2.05) is 17.5 Å². The summed E-state index contributed by atoms with van der Waals surface area (Å²) in [4.78, 5) is 11.8. The van der Waals surface area contributed by atoms with Crippen molar-refractivity contribution in [2.45, 2.75) is 0 Å². The summed E-state index contributed by atoms with van der Waals surface area (Å²) in [5.74, 6) is 0. The third-order valence-electron chi connectivity index (χ3n) is 1.94. The van der Waals surface area contributed by atoms with E-state index in [0.717, 1.165) is 16.7 Å². The predicted octanol–water partition coefficient (Wildman–Crippen LogP) is 3.88. The van der Waals surface area contributed by atoms with Gasteiger partial charge in [0.2, 0.25) is 0 Å². The van der Waals surface area contributed by atoms with Crippen LogP contribution in [0, 0.1) is 0 Å². The van der Waals surface area contributed by atoms with Gasteiger partial charge in [0.1, 0.15) is 0 Å². The van der Waals surface area contributed by atoms with Crippen LogP contribution in [0.25, 0.3) is 10.4 Å². The van der Waals surface area contributed by atoms with Crippen LogP contribution in [0.2, 0.25) is 5.02 Å². The molecule has 0 fully saturated rings. The van der Waals surface area contributed by atoms with E-state index in [9.17, 15) is 4.79 Å². The highest BCUT2D eigenvalue weighted by atomic mass is 35.5. The number of thiophene rings is 1. The lowest BCUT2D eigenvalue weighted by atomic mass is 10.1. The van der Waals surface area contributed by atoms with Crippen molar-refractivity contribution in [2.24, 2.45) is 0 Å². The number of hydrogen-bond acceptors (Lipinski definition) is 2. The van der Waals surface area contributed by atoms with Gasteiger partial charge in [-0.25, -0.2) is 0 Å². The standard InChI is InChI=1S/C11H7ClOS/c12-9-4-1-3-8(7-13)11(9)10-5-2-6-14-10/h1-7H. The lowest BCUT2D eigenvalue weighted by molar-refractivity contribution is 0.112. The third-order valence-corrected chi connectivity index (χ3v) is 3.14. The van der Waals surface area contributed by atoms with Crippen LogP contribution in [0.15, 0.2) is 35.7 Å². The maximum absolute atomic E-state index is 10.8. The second-order valence-corrected chi connectivity index (χ2v) is 4.15. The van der Waals surface area contributed by atoms with Crippen molar-refractivity contribution in [3.05, 3.63) is 46.3 Å². The molecule has 0 saturated carbocycles. The molecule has 0 aliphatic rings. The molecule has 70 valence electrons. The highest BCUT2D eigenvalue weighted by Crippen LogP contribution is 2.33. The largest absolute Gasteiger partial charge is 0.298 e. The monoisotopic (exact) mass is 222 g/mol. The zero-order valence-electron chi connectivity index (χ0n) is 7.24. The fourth-order valence-corrected chi connectivity index (χ4v) is 2.47. The quantitative estimate of drug-likeness (QED) is 0.705. The summed E-state index contributed by atoms with van der Waals surface area (Å²) >= 11 is 7.62. The molecule has 0 unspecified atom stereocenters. The van der Waals surface area contributed by atoms with Gasteiger partial charge in [-0.2, -0.15) is 0 Å². The average Bonchev–Trinajstić information content (AvgIpc) is 2.70. The van der Waals surface area contributed by atoms with E-state index in [4.69, 9.17) is 11.6 Å². The lowest BCUT2D eigenvalue weighted by Gasteiger charge is -2.03. The zero-order chi connectivity index (χ0) is 9.97. The Morgan fingerprint density at radius 3 is 2.71 bits per heavy atom. The number of carbonyl (C=O) groups is 1. The van der Waals surface area contributed by atoms with Crippen molar-refractivity contribution in [1.82, 2.24) is 0 Å². The first-order chi connectivity index (χ1) is 6.83. The van der Waals surface area contributed by atoms with Crippen molar-refractivity contribution < 1.29 is 4.79 Å². The minimum absolute atomic E-state index is 0.622. The van der Waals surface area contributed by atoms with Crippen LogP contribution >= 0.6 is 22.9 Å². The normalized spacial score (nSPS) is 10.1. The Labute approximate surface area is 91.0 Å². The molecule has 3 heteroatoms. The number of halogens is 1. The van der Waals surface area contributed by atoms with Crippen molar-refractivity contribution in [3.8, 4) is 10.4 Å². The van der Waals surface area contributed by atoms with E-state index in [2.05, 4.69) is 0 Å². The summed E-state index contributed by atoms with van der Waals surface area (Å²) in [6.07, 6.45) is 0.834. The summed E-state index contributed by atoms with van der Waals surface area (Å²) in [5, 5.41) is 2.59. The van der Waals surface area contributed by atoms with Crippen LogP contribution in [-0.2, 0) is 0 Å². The summed E-state index contributed by atoms with van der Waals surface area (Å²) < 4.78 is 0. The fourth-order valence-electron chi connectivity index (χ4n) is 1.32. The Morgan fingerprint density at radius 2 is 2.07 bits per heavy atom. The first-order valence-corrected chi connectivity index (χ1v) is 5.36. The molecule has 1 aromatic heterocycles. The van der Waals surface area contributed by atoms with E-state index in [-0.39, 0.29) is 0 Å². The second kappa shape index (κ2) is 3.95. The van der Waals surface area contributed by atoms with Gasteiger partial charge in [-0.05, 0) is 17.5 Å². The molecule has 0 N–H and O–H groups in total. The Morgan fingerprint density at radius 1 is 1.21 bits per heavy atom. The first-order valence-electron chi connectivity index (χ1n) is 4.10. The van der Waals surface area contributed by atoms with E-state index in [1.165, 1.54) is 0 Å². The fraction of sp³-hybridized carbons (Fsp3) is 0. The molecule has 2 aromatic rings. The molecule has 0 aliphatic heterocycles. The van der Waals surface area contributed by atoms with Gasteiger partial charge in [-0.15, -0.1) is 11.3 Å². The SMILES string of the molecule is O=Cc1cccc(Cl)c1-c1cccs1. The molecule has 14 heavy (non-hydrogen) atoms. The minimum atomic E-state index is 0.622. The van der Waals surface area contributed by atoms with E-state index in [1.54, 1.807) is 29.5 Å². The van der Waals surface area contributed by atoms with Crippen LogP contribution < -0.4 is 0 Å². The Kier molecular flexibility index (Phi) is 2.66. The maximum Gasteiger partial charge on any atom is 0.150 e. The average molecular weight is 223 g/mol.